The van der Waals surface area contributed by atoms with Gasteiger partial charge in [-0.15, -0.1) is 0 Å². The highest BCUT2D eigenvalue weighted by Gasteiger charge is 2.28. The van der Waals surface area contributed by atoms with E-state index >= 15 is 0 Å². The van der Waals surface area contributed by atoms with Gasteiger partial charge in [-0.05, 0) is 41.5 Å². The summed E-state index contributed by atoms with van der Waals surface area (Å²) in [7, 11) is 0. The summed E-state index contributed by atoms with van der Waals surface area (Å²) in [6.07, 6.45) is 0. The Morgan fingerprint density at radius 3 is 0.722 bits per heavy atom. The van der Waals surface area contributed by atoms with Crippen molar-refractivity contribution in [1.29, 1.82) is 0 Å². The van der Waals surface area contributed by atoms with E-state index in [9.17, 15) is 0 Å². The average Bonchev–Trinajstić information content (AvgIpc) is 2.37. The molecule has 0 aliphatic rings. The molecular formula is C14H34Cl2N2. The van der Waals surface area contributed by atoms with Crippen molar-refractivity contribution in [2.45, 2.75) is 41.5 Å². The van der Waals surface area contributed by atoms with Crippen molar-refractivity contribution in [1.82, 2.24) is 0 Å². The lowest BCUT2D eigenvalue weighted by molar-refractivity contribution is -0.976. The van der Waals surface area contributed by atoms with Gasteiger partial charge >= 0.3 is 0 Å². The Morgan fingerprint density at radius 2 is 0.611 bits per heavy atom. The standard InChI is InChI=1S/C14H34N2.2ClH/c1-7-15(8-2,9-3)13-14-16(10-4,11-5)12-6;;/h7-14H2,1-6H3;2*1H/q+2;;/p-2. The first-order chi connectivity index (χ1) is 7.57. The van der Waals surface area contributed by atoms with Crippen LogP contribution < -0.4 is 24.8 Å². The van der Waals surface area contributed by atoms with E-state index in [2.05, 4.69) is 41.5 Å². The van der Waals surface area contributed by atoms with E-state index in [0.29, 0.717) is 0 Å². The van der Waals surface area contributed by atoms with Crippen LogP contribution in [0, 0.1) is 0 Å². The van der Waals surface area contributed by atoms with Crippen molar-refractivity contribution in [3.8, 4) is 0 Å². The third-order valence-electron chi connectivity index (χ3n) is 5.07. The maximum Gasteiger partial charge on any atom is 0.128 e. The molecule has 0 spiro atoms. The van der Waals surface area contributed by atoms with Gasteiger partial charge in [0, 0.05) is 0 Å². The number of hydrogen-bond donors (Lipinski definition) is 0. The molecule has 0 rings (SSSR count). The normalized spacial score (nSPS) is 11.7. The second kappa shape index (κ2) is 11.3. The maximum absolute atomic E-state index is 2.34. The minimum atomic E-state index is 0. The highest BCUT2D eigenvalue weighted by Crippen LogP contribution is 2.11. The summed E-state index contributed by atoms with van der Waals surface area (Å²) in [5.41, 5.74) is 0. The van der Waals surface area contributed by atoms with Crippen LogP contribution in [0.25, 0.3) is 0 Å². The molecule has 0 unspecified atom stereocenters. The zero-order valence-corrected chi connectivity index (χ0v) is 14.8. The van der Waals surface area contributed by atoms with Gasteiger partial charge in [0.1, 0.15) is 13.1 Å². The summed E-state index contributed by atoms with van der Waals surface area (Å²) in [6.45, 7) is 24.4. The molecule has 0 atom stereocenters. The molecule has 0 amide bonds. The molecule has 0 N–H and O–H groups in total. The number of nitrogens with zero attached hydrogens (tertiary/aromatic N) is 2. The molecule has 18 heavy (non-hydrogen) atoms. The summed E-state index contributed by atoms with van der Waals surface area (Å²) < 4.78 is 2.58. The van der Waals surface area contributed by atoms with Crippen LogP contribution in [-0.4, -0.2) is 61.3 Å². The fraction of sp³-hybridized carbons (Fsp3) is 1.00. The molecular weight excluding hydrogens is 267 g/mol. The molecule has 0 fully saturated rings. The smallest absolute Gasteiger partial charge is 0.128 e. The number of hydrogen-bond acceptors (Lipinski definition) is 0. The monoisotopic (exact) mass is 300 g/mol. The Labute approximate surface area is 128 Å². The van der Waals surface area contributed by atoms with Crippen molar-refractivity contribution in [3.63, 3.8) is 0 Å². The van der Waals surface area contributed by atoms with E-state index in [1.807, 2.05) is 0 Å². The number of quaternary nitrogens is 2. The van der Waals surface area contributed by atoms with Gasteiger partial charge in [0.05, 0.1) is 39.3 Å². The number of likely N-dealkylation sites (N-methyl/N-ethyl adjacent to an activating group) is 2. The molecule has 0 saturated heterocycles. The summed E-state index contributed by atoms with van der Waals surface area (Å²) >= 11 is 0. The van der Waals surface area contributed by atoms with Crippen LogP contribution >= 0.6 is 0 Å². The van der Waals surface area contributed by atoms with Crippen molar-refractivity contribution in [3.05, 3.63) is 0 Å². The van der Waals surface area contributed by atoms with Gasteiger partial charge in [-0.1, -0.05) is 0 Å². The Morgan fingerprint density at radius 1 is 0.444 bits per heavy atom. The van der Waals surface area contributed by atoms with Crippen LogP contribution in [0.1, 0.15) is 41.5 Å². The molecule has 0 aromatic heterocycles. The second-order valence-electron chi connectivity index (χ2n) is 5.03. The zero-order chi connectivity index (χ0) is 12.7. The molecule has 114 valence electrons. The van der Waals surface area contributed by atoms with Crippen LogP contribution in [0.15, 0.2) is 0 Å². The van der Waals surface area contributed by atoms with Gasteiger partial charge < -0.3 is 33.8 Å². The van der Waals surface area contributed by atoms with Gasteiger partial charge in [0.25, 0.3) is 0 Å². The van der Waals surface area contributed by atoms with Gasteiger partial charge in [-0.2, -0.15) is 0 Å². The van der Waals surface area contributed by atoms with Crippen molar-refractivity contribution < 1.29 is 33.8 Å². The first-order valence-corrected chi connectivity index (χ1v) is 7.27. The van der Waals surface area contributed by atoms with Crippen molar-refractivity contribution in [2.75, 3.05) is 52.4 Å². The largest absolute Gasteiger partial charge is 1.00 e. The molecule has 0 aliphatic carbocycles. The molecule has 0 saturated carbocycles. The Bertz CT molecular complexity index is 142. The predicted molar refractivity (Wildman–Crippen MR) is 73.5 cm³/mol. The highest BCUT2D eigenvalue weighted by atomic mass is 35.5. The molecule has 0 bridgehead atoms. The van der Waals surface area contributed by atoms with Gasteiger partial charge in [0.15, 0.2) is 0 Å². The zero-order valence-electron chi connectivity index (χ0n) is 13.3. The Kier molecular flexibility index (Phi) is 14.9. The quantitative estimate of drug-likeness (QED) is 0.393. The molecule has 0 radical (unpaired) electrons. The van der Waals surface area contributed by atoms with Crippen LogP contribution in [0.5, 0.6) is 0 Å². The lowest BCUT2D eigenvalue weighted by Crippen LogP contribution is -3.00. The van der Waals surface area contributed by atoms with E-state index in [1.54, 1.807) is 0 Å². The first-order valence-electron chi connectivity index (χ1n) is 7.27. The summed E-state index contributed by atoms with van der Waals surface area (Å²) in [4.78, 5) is 0. The Hall–Kier alpha value is 0.500. The SMILES string of the molecule is CC[N+](CC)(CC)CC[N+](CC)(CC)CC.[Cl-].[Cl-]. The van der Waals surface area contributed by atoms with Gasteiger partial charge in [-0.25, -0.2) is 0 Å². The summed E-state index contributed by atoms with van der Waals surface area (Å²) in [5.74, 6) is 0. The van der Waals surface area contributed by atoms with Crippen molar-refractivity contribution in [2.24, 2.45) is 0 Å². The highest BCUT2D eigenvalue weighted by molar-refractivity contribution is 4.42. The fourth-order valence-corrected chi connectivity index (χ4v) is 2.71. The minimum Gasteiger partial charge on any atom is -1.00 e. The fourth-order valence-electron chi connectivity index (χ4n) is 2.71. The lowest BCUT2D eigenvalue weighted by Gasteiger charge is -2.41. The molecule has 0 aromatic carbocycles. The van der Waals surface area contributed by atoms with Crippen LogP contribution in [0.2, 0.25) is 0 Å². The van der Waals surface area contributed by atoms with Crippen LogP contribution in [0.3, 0.4) is 0 Å². The van der Waals surface area contributed by atoms with Gasteiger partial charge in [-0.3, -0.25) is 0 Å². The summed E-state index contributed by atoms with van der Waals surface area (Å²) in [6, 6.07) is 0. The average molecular weight is 301 g/mol. The number of halogens is 2. The van der Waals surface area contributed by atoms with Crippen molar-refractivity contribution >= 4 is 0 Å². The van der Waals surface area contributed by atoms with E-state index in [0.717, 1.165) is 0 Å². The predicted octanol–water partition coefficient (Wildman–Crippen LogP) is -3.25. The van der Waals surface area contributed by atoms with Crippen LogP contribution in [0.4, 0.5) is 0 Å². The topological polar surface area (TPSA) is 0 Å². The Balaban J connectivity index is -0.00000112. The third kappa shape index (κ3) is 6.10. The maximum atomic E-state index is 2.34. The van der Waals surface area contributed by atoms with Gasteiger partial charge in [0.2, 0.25) is 0 Å². The van der Waals surface area contributed by atoms with E-state index in [4.69, 9.17) is 0 Å². The third-order valence-corrected chi connectivity index (χ3v) is 5.07. The van der Waals surface area contributed by atoms with E-state index in [-0.39, 0.29) is 24.8 Å². The molecule has 2 nitrogen and oxygen atoms in total. The van der Waals surface area contributed by atoms with E-state index < -0.39 is 0 Å². The molecule has 0 aliphatic heterocycles. The van der Waals surface area contributed by atoms with E-state index in [1.165, 1.54) is 61.3 Å². The first kappa shape index (κ1) is 23.6. The summed E-state index contributed by atoms with van der Waals surface area (Å²) in [5, 5.41) is 0. The molecule has 4 heteroatoms. The number of rotatable bonds is 9. The molecule has 0 aromatic rings. The second-order valence-corrected chi connectivity index (χ2v) is 5.03. The van der Waals surface area contributed by atoms with Crippen LogP contribution in [-0.2, 0) is 0 Å². The minimum absolute atomic E-state index is 0. The lowest BCUT2D eigenvalue weighted by atomic mass is 10.2. The molecule has 0 heterocycles.